The summed E-state index contributed by atoms with van der Waals surface area (Å²) >= 11 is 0. The summed E-state index contributed by atoms with van der Waals surface area (Å²) < 4.78 is 0. The second-order valence-electron chi connectivity index (χ2n) is 1.62. The molecule has 5 nitrogen and oxygen atoms in total. The van der Waals surface area contributed by atoms with Gasteiger partial charge in [0.05, 0.1) is 5.71 Å². The fraction of sp³-hybridized carbons (Fsp3) is 0.400. The normalized spacial score (nSPS) is 13.4. The van der Waals surface area contributed by atoms with Crippen LogP contribution >= 0.6 is 0 Å². The molecule has 0 spiro atoms. The van der Waals surface area contributed by atoms with Crippen LogP contribution in [0.4, 0.5) is 0 Å². The Kier molecular flexibility index (Phi) is 3.10. The lowest BCUT2D eigenvalue weighted by atomic mass is 10.2. The van der Waals surface area contributed by atoms with E-state index >= 15 is 0 Å². The topological polar surface area (TPSA) is 88.0 Å². The van der Waals surface area contributed by atoms with Crippen LogP contribution in [-0.4, -0.2) is 29.6 Å². The minimum Gasteiger partial charge on any atom is -0.410 e. The first-order chi connectivity index (χ1) is 4.63. The lowest BCUT2D eigenvalue weighted by Gasteiger charge is -1.94. The van der Waals surface area contributed by atoms with E-state index in [9.17, 15) is 4.79 Å². The van der Waals surface area contributed by atoms with Crippen LogP contribution < -0.4 is 5.73 Å². The molecule has 0 aliphatic heterocycles. The van der Waals surface area contributed by atoms with Crippen molar-refractivity contribution in [1.82, 2.24) is 0 Å². The Balaban J connectivity index is 4.56. The van der Waals surface area contributed by atoms with Crippen molar-refractivity contribution >= 4 is 17.3 Å². The van der Waals surface area contributed by atoms with E-state index in [1.807, 2.05) is 0 Å². The van der Waals surface area contributed by atoms with Crippen molar-refractivity contribution < 1.29 is 10.0 Å². The van der Waals surface area contributed by atoms with Crippen LogP contribution in [0.3, 0.4) is 0 Å². The van der Waals surface area contributed by atoms with Crippen LogP contribution in [0.25, 0.3) is 0 Å². The van der Waals surface area contributed by atoms with Gasteiger partial charge in [-0.1, -0.05) is 5.16 Å². The highest BCUT2D eigenvalue weighted by molar-refractivity contribution is 6.66. The molecule has 1 amide bonds. The Labute approximate surface area is 58.2 Å². The number of nitrogens with two attached hydrogens (primary N) is 1. The first kappa shape index (κ1) is 8.61. The van der Waals surface area contributed by atoms with Gasteiger partial charge in [0, 0.05) is 7.05 Å². The molecule has 3 N–H and O–H groups in total. The van der Waals surface area contributed by atoms with Crippen LogP contribution in [-0.2, 0) is 4.79 Å². The number of carbonyl (C=O) groups is 1. The zero-order chi connectivity index (χ0) is 8.15. The Morgan fingerprint density at radius 3 is 2.20 bits per heavy atom. The molecule has 0 heterocycles. The van der Waals surface area contributed by atoms with Crippen molar-refractivity contribution in [2.75, 3.05) is 7.05 Å². The predicted octanol–water partition coefficient (Wildman–Crippen LogP) is -0.607. The number of rotatable bonds is 2. The quantitative estimate of drug-likeness (QED) is 0.307. The average molecular weight is 143 g/mol. The summed E-state index contributed by atoms with van der Waals surface area (Å²) in [4.78, 5) is 14.0. The predicted molar refractivity (Wildman–Crippen MR) is 37.4 cm³/mol. The van der Waals surface area contributed by atoms with Gasteiger partial charge in [-0.05, 0) is 6.92 Å². The Morgan fingerprint density at radius 2 is 2.10 bits per heavy atom. The maximum Gasteiger partial charge on any atom is 0.272 e. The lowest BCUT2D eigenvalue weighted by Crippen LogP contribution is -2.29. The van der Waals surface area contributed by atoms with Crippen LogP contribution in [0.1, 0.15) is 6.92 Å². The number of primary amides is 1. The summed E-state index contributed by atoms with van der Waals surface area (Å²) in [5.74, 6) is -0.786. The molecular formula is C5H9N3O2. The van der Waals surface area contributed by atoms with Gasteiger partial charge in [0.2, 0.25) is 0 Å². The fourth-order valence-electron chi connectivity index (χ4n) is 0.406. The first-order valence-electron chi connectivity index (χ1n) is 2.59. The van der Waals surface area contributed by atoms with Crippen molar-refractivity contribution in [3.05, 3.63) is 0 Å². The number of hydrogen-bond acceptors (Lipinski definition) is 4. The zero-order valence-electron chi connectivity index (χ0n) is 5.83. The SMILES string of the molecule is C/N=C(C)\C(=N/O)C(N)=O. The molecule has 0 saturated carbocycles. The maximum absolute atomic E-state index is 10.4. The Hall–Kier alpha value is -1.39. The smallest absolute Gasteiger partial charge is 0.272 e. The summed E-state index contributed by atoms with van der Waals surface area (Å²) in [5.41, 5.74) is 4.92. The van der Waals surface area contributed by atoms with Crippen LogP contribution in [0.5, 0.6) is 0 Å². The molecule has 5 heteroatoms. The minimum absolute atomic E-state index is 0.206. The van der Waals surface area contributed by atoms with Crippen LogP contribution in [0.2, 0.25) is 0 Å². The number of hydrogen-bond donors (Lipinski definition) is 2. The van der Waals surface area contributed by atoms with E-state index in [4.69, 9.17) is 10.9 Å². The van der Waals surface area contributed by atoms with Crippen LogP contribution in [0.15, 0.2) is 10.1 Å². The summed E-state index contributed by atoms with van der Waals surface area (Å²) in [6.45, 7) is 1.53. The van der Waals surface area contributed by atoms with Crippen molar-refractivity contribution in [3.8, 4) is 0 Å². The maximum atomic E-state index is 10.4. The molecule has 0 unspecified atom stereocenters. The van der Waals surface area contributed by atoms with E-state index < -0.39 is 5.91 Å². The van der Waals surface area contributed by atoms with E-state index in [1.165, 1.54) is 14.0 Å². The van der Waals surface area contributed by atoms with Crippen molar-refractivity contribution in [2.45, 2.75) is 6.92 Å². The Morgan fingerprint density at radius 1 is 1.60 bits per heavy atom. The van der Waals surface area contributed by atoms with Gasteiger partial charge in [-0.3, -0.25) is 9.79 Å². The fourth-order valence-corrected chi connectivity index (χ4v) is 0.406. The molecular weight excluding hydrogens is 134 g/mol. The van der Waals surface area contributed by atoms with Gasteiger partial charge in [0.15, 0.2) is 5.71 Å². The molecule has 0 fully saturated rings. The van der Waals surface area contributed by atoms with E-state index in [2.05, 4.69) is 10.1 Å². The van der Waals surface area contributed by atoms with E-state index in [0.717, 1.165) is 0 Å². The molecule has 0 rings (SSSR count). The molecule has 0 atom stereocenters. The van der Waals surface area contributed by atoms with Gasteiger partial charge in [-0.15, -0.1) is 0 Å². The minimum atomic E-state index is -0.786. The van der Waals surface area contributed by atoms with Crippen molar-refractivity contribution in [1.29, 1.82) is 0 Å². The number of aliphatic imine (C=N–C) groups is 1. The molecule has 0 aliphatic carbocycles. The lowest BCUT2D eigenvalue weighted by molar-refractivity contribution is -0.111. The van der Waals surface area contributed by atoms with Crippen molar-refractivity contribution in [3.63, 3.8) is 0 Å². The third-order valence-corrected chi connectivity index (χ3v) is 1.01. The standard InChI is InChI=1S/C5H9N3O2/c1-3(7-2)4(8-10)5(6)9/h10H,1-2H3,(H2,6,9)/b7-3-,8-4+. The van der Waals surface area contributed by atoms with E-state index in [0.29, 0.717) is 5.71 Å². The second kappa shape index (κ2) is 3.60. The monoisotopic (exact) mass is 143 g/mol. The second-order valence-corrected chi connectivity index (χ2v) is 1.62. The average Bonchev–Trinajstić information content (AvgIpc) is 1.88. The highest BCUT2D eigenvalue weighted by atomic mass is 16.4. The van der Waals surface area contributed by atoms with Gasteiger partial charge in [-0.2, -0.15) is 0 Å². The van der Waals surface area contributed by atoms with Gasteiger partial charge in [-0.25, -0.2) is 0 Å². The molecule has 10 heavy (non-hydrogen) atoms. The van der Waals surface area contributed by atoms with Gasteiger partial charge in [0.1, 0.15) is 0 Å². The molecule has 0 radical (unpaired) electrons. The summed E-state index contributed by atoms with van der Waals surface area (Å²) in [6.07, 6.45) is 0. The molecule has 56 valence electrons. The summed E-state index contributed by atoms with van der Waals surface area (Å²) in [7, 11) is 1.48. The number of nitrogens with zero attached hydrogens (tertiary/aromatic N) is 2. The largest absolute Gasteiger partial charge is 0.410 e. The number of amides is 1. The van der Waals surface area contributed by atoms with E-state index in [1.54, 1.807) is 0 Å². The van der Waals surface area contributed by atoms with Gasteiger partial charge >= 0.3 is 0 Å². The Bertz CT molecular complexity index is 195. The number of carbonyl (C=O) groups excluding carboxylic acids is 1. The number of oxime groups is 1. The molecule has 0 aromatic heterocycles. The van der Waals surface area contributed by atoms with Crippen molar-refractivity contribution in [2.24, 2.45) is 15.9 Å². The van der Waals surface area contributed by atoms with Gasteiger partial charge < -0.3 is 10.9 Å². The molecule has 0 bridgehead atoms. The zero-order valence-corrected chi connectivity index (χ0v) is 5.83. The first-order valence-corrected chi connectivity index (χ1v) is 2.59. The molecule has 0 aliphatic rings. The summed E-state index contributed by atoms with van der Waals surface area (Å²) in [5, 5.41) is 10.9. The molecule has 0 aromatic carbocycles. The molecule has 0 aromatic rings. The summed E-state index contributed by atoms with van der Waals surface area (Å²) in [6, 6.07) is 0. The highest BCUT2D eigenvalue weighted by Gasteiger charge is 2.09. The third-order valence-electron chi connectivity index (χ3n) is 1.01. The van der Waals surface area contributed by atoms with Crippen LogP contribution in [0, 0.1) is 0 Å². The highest BCUT2D eigenvalue weighted by Crippen LogP contribution is 1.81. The van der Waals surface area contributed by atoms with Gasteiger partial charge in [0.25, 0.3) is 5.91 Å². The third kappa shape index (κ3) is 1.85. The molecule has 0 saturated heterocycles. The van der Waals surface area contributed by atoms with E-state index in [-0.39, 0.29) is 5.71 Å².